The molecule has 25 heavy (non-hydrogen) atoms. The average Bonchev–Trinajstić information content (AvgIpc) is 2.58. The van der Waals surface area contributed by atoms with Crippen molar-refractivity contribution in [3.05, 3.63) is 35.9 Å². The minimum Gasteiger partial charge on any atom is -0.468 e. The summed E-state index contributed by atoms with van der Waals surface area (Å²) >= 11 is 0. The van der Waals surface area contributed by atoms with Crippen LogP contribution in [0.1, 0.15) is 19.4 Å². The number of hydrogen-bond acceptors (Lipinski definition) is 5. The third-order valence-corrected chi connectivity index (χ3v) is 3.36. The van der Waals surface area contributed by atoms with Crippen molar-refractivity contribution >= 4 is 23.7 Å². The number of esters is 1. The van der Waals surface area contributed by atoms with E-state index in [2.05, 4.69) is 20.7 Å². The van der Waals surface area contributed by atoms with Gasteiger partial charge in [0.25, 0.3) is 0 Å². The summed E-state index contributed by atoms with van der Waals surface area (Å²) in [7, 11) is 1.22. The lowest BCUT2D eigenvalue weighted by Crippen LogP contribution is -2.53. The number of carbonyl (C=O) groups is 4. The van der Waals surface area contributed by atoms with E-state index in [9.17, 15) is 19.2 Å². The van der Waals surface area contributed by atoms with E-state index in [1.807, 2.05) is 30.3 Å². The molecule has 0 saturated heterocycles. The number of ether oxygens (including phenoxy) is 1. The van der Waals surface area contributed by atoms with E-state index in [0.29, 0.717) is 0 Å². The van der Waals surface area contributed by atoms with E-state index in [0.717, 1.165) is 5.56 Å². The van der Waals surface area contributed by atoms with Crippen molar-refractivity contribution in [1.82, 2.24) is 16.0 Å². The van der Waals surface area contributed by atoms with Crippen molar-refractivity contribution in [2.45, 2.75) is 32.4 Å². The number of hydrogen-bond donors (Lipinski definition) is 3. The Morgan fingerprint density at radius 3 is 2.24 bits per heavy atom. The van der Waals surface area contributed by atoms with Gasteiger partial charge in [-0.2, -0.15) is 0 Å². The molecule has 0 heterocycles. The van der Waals surface area contributed by atoms with Crippen LogP contribution in [-0.2, 0) is 30.3 Å². The summed E-state index contributed by atoms with van der Waals surface area (Å²) in [5, 5.41) is 7.47. The lowest BCUT2D eigenvalue weighted by Gasteiger charge is -2.21. The fourth-order valence-electron chi connectivity index (χ4n) is 2.08. The maximum Gasteiger partial charge on any atom is 0.325 e. The average molecular weight is 349 g/mol. The van der Waals surface area contributed by atoms with Crippen LogP contribution in [0.25, 0.3) is 0 Å². The smallest absolute Gasteiger partial charge is 0.325 e. The summed E-state index contributed by atoms with van der Waals surface area (Å²) in [4.78, 5) is 46.7. The molecule has 1 aromatic carbocycles. The van der Waals surface area contributed by atoms with E-state index in [1.54, 1.807) is 0 Å². The standard InChI is InChI=1S/C17H23N3O5/c1-11(19-12(2)21)16(23)20-14(9-13-7-5-4-6-8-13)17(24)18-10-15(22)25-3/h4-8,11,14H,9-10H2,1-3H3,(H,18,24)(H,19,21)(H,20,23)/t11-,14-/m1/s1. The monoisotopic (exact) mass is 349 g/mol. The molecule has 0 spiro atoms. The van der Waals surface area contributed by atoms with Crippen LogP contribution in [0.2, 0.25) is 0 Å². The zero-order valence-electron chi connectivity index (χ0n) is 14.5. The first kappa shape index (κ1) is 20.1. The molecule has 1 rings (SSSR count). The summed E-state index contributed by atoms with van der Waals surface area (Å²) in [6.45, 7) is 2.52. The number of rotatable bonds is 8. The Balaban J connectivity index is 2.79. The van der Waals surface area contributed by atoms with Gasteiger partial charge < -0.3 is 20.7 Å². The van der Waals surface area contributed by atoms with Crippen molar-refractivity contribution in [1.29, 1.82) is 0 Å². The Hall–Kier alpha value is -2.90. The molecule has 0 saturated carbocycles. The lowest BCUT2D eigenvalue weighted by molar-refractivity contribution is -0.141. The van der Waals surface area contributed by atoms with Crippen molar-refractivity contribution in [3.63, 3.8) is 0 Å². The first-order valence-electron chi connectivity index (χ1n) is 7.79. The van der Waals surface area contributed by atoms with Crippen LogP contribution in [0.15, 0.2) is 30.3 Å². The fraction of sp³-hybridized carbons (Fsp3) is 0.412. The molecular weight excluding hydrogens is 326 g/mol. The molecular formula is C17H23N3O5. The zero-order valence-corrected chi connectivity index (χ0v) is 14.5. The Kier molecular flexibility index (Phi) is 8.11. The van der Waals surface area contributed by atoms with Crippen LogP contribution < -0.4 is 16.0 Å². The second-order valence-corrected chi connectivity index (χ2v) is 5.47. The van der Waals surface area contributed by atoms with Gasteiger partial charge in [0.05, 0.1) is 7.11 Å². The van der Waals surface area contributed by atoms with Crippen LogP contribution in [0.3, 0.4) is 0 Å². The molecule has 0 aliphatic rings. The molecule has 0 radical (unpaired) electrons. The van der Waals surface area contributed by atoms with E-state index < -0.39 is 29.9 Å². The maximum atomic E-state index is 12.3. The molecule has 1 aromatic rings. The van der Waals surface area contributed by atoms with Crippen LogP contribution >= 0.6 is 0 Å². The van der Waals surface area contributed by atoms with Gasteiger partial charge in [0.15, 0.2) is 0 Å². The van der Waals surface area contributed by atoms with Gasteiger partial charge in [0.2, 0.25) is 17.7 Å². The first-order chi connectivity index (χ1) is 11.8. The SMILES string of the molecule is COC(=O)CNC(=O)[C@@H](Cc1ccccc1)NC(=O)[C@@H](C)NC(C)=O. The van der Waals surface area contributed by atoms with E-state index >= 15 is 0 Å². The van der Waals surface area contributed by atoms with Crippen molar-refractivity contribution in [2.75, 3.05) is 13.7 Å². The largest absolute Gasteiger partial charge is 0.468 e. The van der Waals surface area contributed by atoms with E-state index in [1.165, 1.54) is 21.0 Å². The summed E-state index contributed by atoms with van der Waals surface area (Å²) in [5.74, 6) is -1.95. The highest BCUT2D eigenvalue weighted by atomic mass is 16.5. The van der Waals surface area contributed by atoms with E-state index in [-0.39, 0.29) is 18.9 Å². The number of benzene rings is 1. The molecule has 0 fully saturated rings. The minimum absolute atomic E-state index is 0.242. The van der Waals surface area contributed by atoms with Crippen LogP contribution in [0.5, 0.6) is 0 Å². The molecule has 0 aromatic heterocycles. The van der Waals surface area contributed by atoms with Crippen LogP contribution in [-0.4, -0.2) is 49.4 Å². The normalized spacial score (nSPS) is 12.4. The van der Waals surface area contributed by atoms with Crippen molar-refractivity contribution in [3.8, 4) is 0 Å². The molecule has 0 aliphatic heterocycles. The third-order valence-electron chi connectivity index (χ3n) is 3.36. The summed E-state index contributed by atoms with van der Waals surface area (Å²) in [6.07, 6.45) is 0.242. The third kappa shape index (κ3) is 7.47. The lowest BCUT2D eigenvalue weighted by atomic mass is 10.0. The van der Waals surface area contributed by atoms with Gasteiger partial charge >= 0.3 is 5.97 Å². The number of methoxy groups -OCH3 is 1. The van der Waals surface area contributed by atoms with Gasteiger partial charge in [-0.15, -0.1) is 0 Å². The summed E-state index contributed by atoms with van der Waals surface area (Å²) < 4.78 is 4.47. The van der Waals surface area contributed by atoms with E-state index in [4.69, 9.17) is 0 Å². The number of carbonyl (C=O) groups excluding carboxylic acids is 4. The van der Waals surface area contributed by atoms with Crippen molar-refractivity contribution < 1.29 is 23.9 Å². The Labute approximate surface area is 146 Å². The fourth-order valence-corrected chi connectivity index (χ4v) is 2.08. The van der Waals surface area contributed by atoms with Crippen LogP contribution in [0, 0.1) is 0 Å². The highest BCUT2D eigenvalue weighted by Crippen LogP contribution is 2.04. The molecule has 0 aliphatic carbocycles. The molecule has 3 amide bonds. The minimum atomic E-state index is -0.893. The first-order valence-corrected chi connectivity index (χ1v) is 7.79. The van der Waals surface area contributed by atoms with Gasteiger partial charge in [0.1, 0.15) is 18.6 Å². The highest BCUT2D eigenvalue weighted by Gasteiger charge is 2.24. The molecule has 0 bridgehead atoms. The molecule has 136 valence electrons. The van der Waals surface area contributed by atoms with Gasteiger partial charge in [-0.3, -0.25) is 19.2 Å². The topological polar surface area (TPSA) is 114 Å². The number of amides is 3. The summed E-state index contributed by atoms with van der Waals surface area (Å²) in [5.41, 5.74) is 0.841. The highest BCUT2D eigenvalue weighted by molar-refractivity contribution is 5.92. The predicted octanol–water partition coefficient (Wildman–Crippen LogP) is -0.472. The molecule has 0 unspecified atom stereocenters. The molecule has 3 N–H and O–H groups in total. The Morgan fingerprint density at radius 1 is 1.04 bits per heavy atom. The Morgan fingerprint density at radius 2 is 1.68 bits per heavy atom. The van der Waals surface area contributed by atoms with Gasteiger partial charge in [-0.1, -0.05) is 30.3 Å². The quantitative estimate of drug-likeness (QED) is 0.549. The summed E-state index contributed by atoms with van der Waals surface area (Å²) in [6, 6.07) is 7.45. The zero-order chi connectivity index (χ0) is 18.8. The number of nitrogens with one attached hydrogen (secondary N) is 3. The second kappa shape index (κ2) is 10.1. The second-order valence-electron chi connectivity index (χ2n) is 5.47. The van der Waals surface area contributed by atoms with Gasteiger partial charge in [0, 0.05) is 13.3 Å². The van der Waals surface area contributed by atoms with Gasteiger partial charge in [-0.25, -0.2) is 0 Å². The molecule has 2 atom stereocenters. The molecule has 8 nitrogen and oxygen atoms in total. The van der Waals surface area contributed by atoms with Crippen LogP contribution in [0.4, 0.5) is 0 Å². The maximum absolute atomic E-state index is 12.3. The predicted molar refractivity (Wildman–Crippen MR) is 90.4 cm³/mol. The van der Waals surface area contributed by atoms with Crippen molar-refractivity contribution in [2.24, 2.45) is 0 Å². The van der Waals surface area contributed by atoms with Gasteiger partial charge in [-0.05, 0) is 12.5 Å². The Bertz CT molecular complexity index is 618. The molecule has 8 heteroatoms.